The molecule has 5 nitrogen and oxygen atoms in total. The lowest BCUT2D eigenvalue weighted by atomic mass is 10.1. The summed E-state index contributed by atoms with van der Waals surface area (Å²) in [7, 11) is 2.05. The molecule has 0 radical (unpaired) electrons. The van der Waals surface area contributed by atoms with Crippen molar-refractivity contribution in [2.45, 2.75) is 31.7 Å². The second-order valence-electron chi connectivity index (χ2n) is 7.43. The van der Waals surface area contributed by atoms with Gasteiger partial charge < -0.3 is 9.72 Å². The van der Waals surface area contributed by atoms with Gasteiger partial charge in [-0.25, -0.2) is 4.98 Å². The second-order valence-corrected chi connectivity index (χ2v) is 7.43. The van der Waals surface area contributed by atoms with Crippen LogP contribution in [-0.4, -0.2) is 19.2 Å². The minimum atomic E-state index is 0.171. The van der Waals surface area contributed by atoms with Crippen LogP contribution in [0.15, 0.2) is 60.9 Å². The lowest BCUT2D eigenvalue weighted by molar-refractivity contribution is 0.686. The Bertz CT molecular complexity index is 1050. The summed E-state index contributed by atoms with van der Waals surface area (Å²) in [6, 6.07) is 16.9. The first-order valence-electron chi connectivity index (χ1n) is 9.52. The van der Waals surface area contributed by atoms with E-state index in [1.807, 2.05) is 40.5 Å². The van der Waals surface area contributed by atoms with Crippen LogP contribution < -0.4 is 5.32 Å². The number of fused-ring (bicyclic) bond motifs is 1. The standard InChI is InChI=1S/C22H23N5/c1-15(19-13-21(17-6-7-17)26(2)25-19)23-18-10-8-16(9-11-18)20-14-27-12-4-3-5-22(27)24-20/h3-5,8-15,17,23H,6-7H2,1-2H3. The van der Waals surface area contributed by atoms with Crippen LogP contribution in [0.1, 0.15) is 43.1 Å². The normalized spacial score (nSPS) is 15.2. The smallest absolute Gasteiger partial charge is 0.137 e. The van der Waals surface area contributed by atoms with Gasteiger partial charge in [-0.2, -0.15) is 5.10 Å². The van der Waals surface area contributed by atoms with Gasteiger partial charge in [0.1, 0.15) is 5.65 Å². The summed E-state index contributed by atoms with van der Waals surface area (Å²) in [5.74, 6) is 0.716. The van der Waals surface area contributed by atoms with E-state index < -0.39 is 0 Å². The number of imidazole rings is 1. The number of hydrogen-bond acceptors (Lipinski definition) is 3. The Hall–Kier alpha value is -3.08. The van der Waals surface area contributed by atoms with Gasteiger partial charge in [0.15, 0.2) is 0 Å². The number of hydrogen-bond donors (Lipinski definition) is 1. The van der Waals surface area contributed by atoms with Crippen molar-refractivity contribution in [2.24, 2.45) is 7.05 Å². The van der Waals surface area contributed by atoms with Crippen molar-refractivity contribution in [3.63, 3.8) is 0 Å². The third-order valence-corrected chi connectivity index (χ3v) is 5.30. The fourth-order valence-corrected chi connectivity index (χ4v) is 3.61. The Morgan fingerprint density at radius 2 is 1.93 bits per heavy atom. The van der Waals surface area contributed by atoms with E-state index in [0.717, 1.165) is 28.3 Å². The maximum absolute atomic E-state index is 4.70. The van der Waals surface area contributed by atoms with E-state index in [-0.39, 0.29) is 6.04 Å². The Kier molecular flexibility index (Phi) is 3.74. The highest BCUT2D eigenvalue weighted by molar-refractivity contribution is 5.65. The quantitative estimate of drug-likeness (QED) is 0.559. The highest BCUT2D eigenvalue weighted by Crippen LogP contribution is 2.40. The minimum Gasteiger partial charge on any atom is -0.377 e. The first-order valence-corrected chi connectivity index (χ1v) is 9.52. The van der Waals surface area contributed by atoms with Gasteiger partial charge in [0.2, 0.25) is 0 Å². The number of rotatable bonds is 5. The van der Waals surface area contributed by atoms with Gasteiger partial charge in [-0.05, 0) is 50.1 Å². The molecule has 1 fully saturated rings. The van der Waals surface area contributed by atoms with Gasteiger partial charge in [0.05, 0.1) is 17.4 Å². The summed E-state index contributed by atoms with van der Waals surface area (Å²) in [5, 5.41) is 8.26. The van der Waals surface area contributed by atoms with Gasteiger partial charge in [-0.3, -0.25) is 4.68 Å². The zero-order valence-corrected chi connectivity index (χ0v) is 15.6. The highest BCUT2D eigenvalue weighted by atomic mass is 15.3. The van der Waals surface area contributed by atoms with Crippen LogP contribution in [0.25, 0.3) is 16.9 Å². The molecule has 27 heavy (non-hydrogen) atoms. The minimum absolute atomic E-state index is 0.171. The van der Waals surface area contributed by atoms with Gasteiger partial charge in [0, 0.05) is 42.3 Å². The number of aromatic nitrogens is 4. The Morgan fingerprint density at radius 1 is 1.11 bits per heavy atom. The summed E-state index contributed by atoms with van der Waals surface area (Å²) in [4.78, 5) is 4.69. The summed E-state index contributed by atoms with van der Waals surface area (Å²) in [6.07, 6.45) is 6.68. The van der Waals surface area contributed by atoms with Crippen LogP contribution in [0.5, 0.6) is 0 Å². The molecule has 0 saturated heterocycles. The molecule has 0 spiro atoms. The van der Waals surface area contributed by atoms with Crippen LogP contribution in [0.4, 0.5) is 5.69 Å². The van der Waals surface area contributed by atoms with E-state index in [4.69, 9.17) is 5.10 Å². The number of pyridine rings is 1. The van der Waals surface area contributed by atoms with Crippen molar-refractivity contribution in [3.8, 4) is 11.3 Å². The van der Waals surface area contributed by atoms with E-state index in [1.165, 1.54) is 18.5 Å². The Morgan fingerprint density at radius 3 is 2.67 bits per heavy atom. The molecule has 1 atom stereocenters. The SMILES string of the molecule is CC(Nc1ccc(-c2cn3ccccc3n2)cc1)c1cc(C2CC2)n(C)n1. The molecule has 0 bridgehead atoms. The fraction of sp³-hybridized carbons (Fsp3) is 0.273. The molecule has 136 valence electrons. The topological polar surface area (TPSA) is 47.1 Å². The fourth-order valence-electron chi connectivity index (χ4n) is 3.61. The summed E-state index contributed by atoms with van der Waals surface area (Å²) >= 11 is 0. The molecule has 3 aromatic heterocycles. The average Bonchev–Trinajstić information content (AvgIpc) is 3.30. The molecule has 0 aliphatic heterocycles. The van der Waals surface area contributed by atoms with Crippen LogP contribution in [0.2, 0.25) is 0 Å². The predicted octanol–water partition coefficient (Wildman–Crippen LogP) is 4.79. The molecular weight excluding hydrogens is 334 g/mol. The first kappa shape index (κ1) is 16.1. The van der Waals surface area contributed by atoms with E-state index >= 15 is 0 Å². The molecule has 1 saturated carbocycles. The summed E-state index contributed by atoms with van der Waals surface area (Å²) in [6.45, 7) is 2.16. The van der Waals surface area contributed by atoms with Crippen LogP contribution in [-0.2, 0) is 7.05 Å². The third kappa shape index (κ3) is 3.10. The second kappa shape index (κ2) is 6.27. The van der Waals surface area contributed by atoms with Crippen LogP contribution in [0, 0.1) is 0 Å². The van der Waals surface area contributed by atoms with Crippen molar-refractivity contribution in [1.82, 2.24) is 19.2 Å². The predicted molar refractivity (Wildman–Crippen MR) is 108 cm³/mol. The summed E-state index contributed by atoms with van der Waals surface area (Å²) < 4.78 is 4.08. The van der Waals surface area contributed by atoms with Crippen LogP contribution in [0.3, 0.4) is 0 Å². The van der Waals surface area contributed by atoms with Gasteiger partial charge in [-0.1, -0.05) is 18.2 Å². The Balaban J connectivity index is 1.33. The van der Waals surface area contributed by atoms with Crippen LogP contribution >= 0.6 is 0 Å². The molecule has 1 aromatic carbocycles. The van der Waals surface area contributed by atoms with Crippen molar-refractivity contribution in [2.75, 3.05) is 5.32 Å². The molecule has 4 aromatic rings. The molecule has 0 amide bonds. The van der Waals surface area contributed by atoms with E-state index in [9.17, 15) is 0 Å². The van der Waals surface area contributed by atoms with E-state index in [2.05, 4.69) is 53.8 Å². The van der Waals surface area contributed by atoms with Gasteiger partial charge in [0.25, 0.3) is 0 Å². The molecule has 5 rings (SSSR count). The van der Waals surface area contributed by atoms with Crippen molar-refractivity contribution < 1.29 is 0 Å². The lowest BCUT2D eigenvalue weighted by Gasteiger charge is -2.13. The molecule has 3 heterocycles. The molecule has 1 unspecified atom stereocenters. The van der Waals surface area contributed by atoms with Crippen molar-refractivity contribution in [1.29, 1.82) is 0 Å². The molecule has 1 aliphatic rings. The van der Waals surface area contributed by atoms with Crippen molar-refractivity contribution in [3.05, 3.63) is 72.3 Å². The molecule has 5 heteroatoms. The van der Waals surface area contributed by atoms with E-state index in [1.54, 1.807) is 0 Å². The number of nitrogens with one attached hydrogen (secondary N) is 1. The monoisotopic (exact) mass is 357 g/mol. The Labute approximate surface area is 158 Å². The maximum Gasteiger partial charge on any atom is 0.137 e. The number of aryl methyl sites for hydroxylation is 1. The highest BCUT2D eigenvalue weighted by Gasteiger charge is 2.27. The average molecular weight is 357 g/mol. The lowest BCUT2D eigenvalue weighted by Crippen LogP contribution is -2.07. The molecule has 1 aliphatic carbocycles. The maximum atomic E-state index is 4.70. The first-order chi connectivity index (χ1) is 13.2. The number of benzene rings is 1. The van der Waals surface area contributed by atoms with Gasteiger partial charge in [-0.15, -0.1) is 0 Å². The zero-order valence-electron chi connectivity index (χ0n) is 15.6. The molecular formula is C22H23N5. The third-order valence-electron chi connectivity index (χ3n) is 5.30. The van der Waals surface area contributed by atoms with Crippen molar-refractivity contribution >= 4 is 11.3 Å². The zero-order chi connectivity index (χ0) is 18.4. The van der Waals surface area contributed by atoms with Gasteiger partial charge >= 0.3 is 0 Å². The molecule has 1 N–H and O–H groups in total. The number of anilines is 1. The van der Waals surface area contributed by atoms with E-state index in [0.29, 0.717) is 5.92 Å². The number of nitrogens with zero attached hydrogens (tertiary/aromatic N) is 4. The largest absolute Gasteiger partial charge is 0.377 e. The summed E-state index contributed by atoms with van der Waals surface area (Å²) in [5.41, 5.74) is 6.62.